The Morgan fingerprint density at radius 1 is 1.19 bits per heavy atom. The van der Waals surface area contributed by atoms with Gasteiger partial charge in [-0.3, -0.25) is 0 Å². The summed E-state index contributed by atoms with van der Waals surface area (Å²) in [5.41, 5.74) is 1.84. The molecule has 0 radical (unpaired) electrons. The van der Waals surface area contributed by atoms with E-state index in [0.717, 1.165) is 39.9 Å². The number of hydrogen-bond donors (Lipinski definition) is 1. The van der Waals surface area contributed by atoms with Gasteiger partial charge in [0.15, 0.2) is 16.6 Å². The second-order valence-electron chi connectivity index (χ2n) is 6.80. The van der Waals surface area contributed by atoms with Gasteiger partial charge in [0, 0.05) is 17.5 Å². The summed E-state index contributed by atoms with van der Waals surface area (Å²) in [6.07, 6.45) is 4.46. The van der Waals surface area contributed by atoms with E-state index in [0.29, 0.717) is 6.42 Å². The first-order chi connectivity index (χ1) is 13.1. The van der Waals surface area contributed by atoms with E-state index < -0.39 is 5.82 Å². The van der Waals surface area contributed by atoms with Crippen molar-refractivity contribution in [3.63, 3.8) is 0 Å². The minimum Gasteiger partial charge on any atom is -0.454 e. The molecule has 138 valence electrons. The number of halogens is 2. The third-order valence-corrected chi connectivity index (χ3v) is 6.31. The molecule has 0 spiro atoms. The second-order valence-corrected chi connectivity index (χ2v) is 8.29. The van der Waals surface area contributed by atoms with Gasteiger partial charge in [0.1, 0.15) is 5.82 Å². The molecule has 0 saturated heterocycles. The van der Waals surface area contributed by atoms with Crippen molar-refractivity contribution in [2.24, 2.45) is 0 Å². The molecule has 0 unspecified atom stereocenters. The molecule has 1 fully saturated rings. The summed E-state index contributed by atoms with van der Waals surface area (Å²) in [6, 6.07) is 11.0. The molecule has 1 aliphatic carbocycles. The lowest BCUT2D eigenvalue weighted by molar-refractivity contribution is 0.174. The average Bonchev–Trinajstić information content (AvgIpc) is 3.09. The predicted octanol–water partition coefficient (Wildman–Crippen LogP) is 5.36. The van der Waals surface area contributed by atoms with Crippen LogP contribution < -0.4 is 14.8 Å². The van der Waals surface area contributed by atoms with Crippen LogP contribution in [0.3, 0.4) is 0 Å². The van der Waals surface area contributed by atoms with E-state index in [2.05, 4.69) is 16.4 Å². The van der Waals surface area contributed by atoms with Gasteiger partial charge in [-0.25, -0.2) is 9.37 Å². The zero-order chi connectivity index (χ0) is 18.4. The van der Waals surface area contributed by atoms with Gasteiger partial charge >= 0.3 is 0 Å². The van der Waals surface area contributed by atoms with Gasteiger partial charge in [-0.15, -0.1) is 11.3 Å². The first kappa shape index (κ1) is 16.8. The van der Waals surface area contributed by atoms with Gasteiger partial charge < -0.3 is 14.8 Å². The van der Waals surface area contributed by atoms with Crippen LogP contribution in [0.25, 0.3) is 0 Å². The number of ether oxygens (including phenoxy) is 2. The molecule has 1 saturated carbocycles. The Labute approximate surface area is 164 Å². The Morgan fingerprint density at radius 3 is 2.89 bits per heavy atom. The fourth-order valence-corrected chi connectivity index (χ4v) is 4.46. The summed E-state index contributed by atoms with van der Waals surface area (Å²) in [4.78, 5) is 5.54. The molecule has 4 nitrogen and oxygen atoms in total. The topological polar surface area (TPSA) is 43.4 Å². The van der Waals surface area contributed by atoms with E-state index in [4.69, 9.17) is 21.1 Å². The molecule has 1 aliphatic heterocycles. The molecule has 0 atom stereocenters. The van der Waals surface area contributed by atoms with Gasteiger partial charge in [0.05, 0.1) is 10.6 Å². The zero-order valence-corrected chi connectivity index (χ0v) is 15.9. The average molecular weight is 403 g/mol. The van der Waals surface area contributed by atoms with E-state index in [1.54, 1.807) is 17.4 Å². The molecule has 0 bridgehead atoms. The van der Waals surface area contributed by atoms with Gasteiger partial charge in [-0.05, 0) is 42.2 Å². The third-order valence-electron chi connectivity index (χ3n) is 4.97. The summed E-state index contributed by atoms with van der Waals surface area (Å²) in [7, 11) is 0. The molecule has 1 N–H and O–H groups in total. The summed E-state index contributed by atoms with van der Waals surface area (Å²) < 4.78 is 24.5. The minimum atomic E-state index is -0.392. The fraction of sp³-hybridized carbons (Fsp3) is 0.250. The number of fused-ring (bicyclic) bond motifs is 1. The third kappa shape index (κ3) is 3.13. The number of benzene rings is 2. The van der Waals surface area contributed by atoms with Crippen LogP contribution in [0.2, 0.25) is 5.02 Å². The molecular formula is C20H16ClFN2O2S. The molecule has 3 aromatic rings. The SMILES string of the molecule is Fc1cccc(Cc2cnc(NC3(c4ccc5c(c4)OCO5)CC3)s2)c1Cl. The van der Waals surface area contributed by atoms with Crippen molar-refractivity contribution in [2.75, 3.05) is 12.1 Å². The Kier molecular flexibility index (Phi) is 3.98. The monoisotopic (exact) mass is 402 g/mol. The molecule has 1 aromatic heterocycles. The van der Waals surface area contributed by atoms with E-state index in [1.807, 2.05) is 24.4 Å². The normalized spacial score (nSPS) is 16.4. The van der Waals surface area contributed by atoms with Gasteiger partial charge in [-0.1, -0.05) is 29.8 Å². The van der Waals surface area contributed by atoms with Crippen molar-refractivity contribution in [1.82, 2.24) is 4.98 Å². The number of thiazole rings is 1. The smallest absolute Gasteiger partial charge is 0.231 e. The molecule has 2 aromatic carbocycles. The van der Waals surface area contributed by atoms with Crippen LogP contribution in [0.1, 0.15) is 28.8 Å². The van der Waals surface area contributed by atoms with E-state index >= 15 is 0 Å². The number of nitrogens with one attached hydrogen (secondary N) is 1. The van der Waals surface area contributed by atoms with Crippen molar-refractivity contribution in [3.8, 4) is 11.5 Å². The minimum absolute atomic E-state index is 0.105. The number of hydrogen-bond acceptors (Lipinski definition) is 5. The zero-order valence-electron chi connectivity index (χ0n) is 14.3. The number of anilines is 1. The van der Waals surface area contributed by atoms with Crippen molar-refractivity contribution in [1.29, 1.82) is 0 Å². The van der Waals surface area contributed by atoms with Crippen LogP contribution in [0.15, 0.2) is 42.6 Å². The highest BCUT2D eigenvalue weighted by Crippen LogP contribution is 2.50. The molecule has 2 aliphatic rings. The lowest BCUT2D eigenvalue weighted by Gasteiger charge is -2.17. The Balaban J connectivity index is 1.34. The highest BCUT2D eigenvalue weighted by atomic mass is 35.5. The number of aromatic nitrogens is 1. The van der Waals surface area contributed by atoms with E-state index in [1.165, 1.54) is 11.6 Å². The van der Waals surface area contributed by atoms with Crippen LogP contribution in [-0.2, 0) is 12.0 Å². The van der Waals surface area contributed by atoms with Crippen LogP contribution in [0.4, 0.5) is 9.52 Å². The first-order valence-corrected chi connectivity index (χ1v) is 9.88. The number of nitrogens with zero attached hydrogens (tertiary/aromatic N) is 1. The Bertz CT molecular complexity index is 1020. The molecule has 0 amide bonds. The van der Waals surface area contributed by atoms with E-state index in [9.17, 15) is 4.39 Å². The van der Waals surface area contributed by atoms with Crippen LogP contribution in [0.5, 0.6) is 11.5 Å². The van der Waals surface area contributed by atoms with Crippen LogP contribution in [0, 0.1) is 5.82 Å². The Hall–Kier alpha value is -2.31. The molecular weight excluding hydrogens is 387 g/mol. The summed E-state index contributed by atoms with van der Waals surface area (Å²) in [5.74, 6) is 1.19. The maximum atomic E-state index is 13.6. The molecule has 5 rings (SSSR count). The van der Waals surface area contributed by atoms with Crippen molar-refractivity contribution < 1.29 is 13.9 Å². The van der Waals surface area contributed by atoms with Crippen molar-refractivity contribution in [3.05, 3.63) is 69.4 Å². The van der Waals surface area contributed by atoms with Gasteiger partial charge in [0.2, 0.25) is 6.79 Å². The van der Waals surface area contributed by atoms with Crippen LogP contribution in [-0.4, -0.2) is 11.8 Å². The fourth-order valence-electron chi connectivity index (χ4n) is 3.33. The summed E-state index contributed by atoms with van der Waals surface area (Å²) in [5, 5.41) is 4.61. The molecule has 7 heteroatoms. The standard InChI is InChI=1S/C20H16ClFN2O2S/c21-18-12(2-1-3-15(18)22)8-14-10-23-19(27-14)24-20(6-7-20)13-4-5-16-17(9-13)26-11-25-16/h1-5,9-10H,6-8,11H2,(H,23,24). The maximum Gasteiger partial charge on any atom is 0.231 e. The van der Waals surface area contributed by atoms with Gasteiger partial charge in [-0.2, -0.15) is 0 Å². The number of rotatable bonds is 5. The quantitative estimate of drug-likeness (QED) is 0.624. The van der Waals surface area contributed by atoms with Crippen molar-refractivity contribution in [2.45, 2.75) is 24.8 Å². The largest absolute Gasteiger partial charge is 0.454 e. The molecule has 27 heavy (non-hydrogen) atoms. The second kappa shape index (κ2) is 6.39. The lowest BCUT2D eigenvalue weighted by Crippen LogP contribution is -2.18. The highest BCUT2D eigenvalue weighted by molar-refractivity contribution is 7.15. The first-order valence-electron chi connectivity index (χ1n) is 8.69. The summed E-state index contributed by atoms with van der Waals surface area (Å²) in [6.45, 7) is 0.275. The maximum absolute atomic E-state index is 13.6. The molecule has 2 heterocycles. The van der Waals surface area contributed by atoms with E-state index in [-0.39, 0.29) is 17.4 Å². The van der Waals surface area contributed by atoms with Crippen LogP contribution >= 0.6 is 22.9 Å². The predicted molar refractivity (Wildman–Crippen MR) is 103 cm³/mol. The lowest BCUT2D eigenvalue weighted by atomic mass is 10.0. The summed E-state index contributed by atoms with van der Waals surface area (Å²) >= 11 is 7.63. The van der Waals surface area contributed by atoms with Gasteiger partial charge in [0.25, 0.3) is 0 Å². The van der Waals surface area contributed by atoms with Crippen molar-refractivity contribution >= 4 is 28.1 Å². The Morgan fingerprint density at radius 2 is 2.04 bits per heavy atom. The highest BCUT2D eigenvalue weighted by Gasteiger charge is 2.45.